The van der Waals surface area contributed by atoms with Crippen molar-refractivity contribution in [3.05, 3.63) is 0 Å². The zero-order valence-electron chi connectivity index (χ0n) is 5.38. The van der Waals surface area contributed by atoms with E-state index in [0.717, 1.165) is 0 Å². The van der Waals surface area contributed by atoms with Crippen LogP contribution in [0, 0.1) is 5.41 Å². The van der Waals surface area contributed by atoms with E-state index in [0.29, 0.717) is 17.5 Å². The van der Waals surface area contributed by atoms with Crippen LogP contribution >= 0.6 is 0 Å². The zero-order chi connectivity index (χ0) is 5.90. The van der Waals surface area contributed by atoms with E-state index in [-0.39, 0.29) is 0 Å². The molecule has 2 unspecified atom stereocenters. The molecule has 0 aromatic carbocycles. The first-order valence-corrected chi connectivity index (χ1v) is 3.82. The fraction of sp³-hybridized carbons (Fsp3) is 1.00. The summed E-state index contributed by atoms with van der Waals surface area (Å²) in [5.41, 5.74) is 0.639. The lowest BCUT2D eigenvalue weighted by Crippen LogP contribution is -2.14. The SMILES string of the molecule is C1CC2N=NC1C21CC1. The Kier molecular flexibility index (Phi) is 0.525. The highest BCUT2D eigenvalue weighted by Gasteiger charge is 2.62. The molecule has 0 aromatic rings. The summed E-state index contributed by atoms with van der Waals surface area (Å²) in [4.78, 5) is 0. The minimum atomic E-state index is 0.639. The number of azo groups is 1. The number of rotatable bonds is 0. The van der Waals surface area contributed by atoms with Gasteiger partial charge in [0.25, 0.3) is 0 Å². The van der Waals surface area contributed by atoms with E-state index in [1.807, 2.05) is 0 Å². The molecule has 0 amide bonds. The summed E-state index contributed by atoms with van der Waals surface area (Å²) in [5.74, 6) is 0. The molecule has 2 bridgehead atoms. The Labute approximate surface area is 54.4 Å². The highest BCUT2D eigenvalue weighted by Crippen LogP contribution is 2.63. The smallest absolute Gasteiger partial charge is 0.0786 e. The summed E-state index contributed by atoms with van der Waals surface area (Å²) in [6.07, 6.45) is 5.48. The van der Waals surface area contributed by atoms with Gasteiger partial charge in [0.2, 0.25) is 0 Å². The van der Waals surface area contributed by atoms with Gasteiger partial charge in [-0.05, 0) is 25.7 Å². The fourth-order valence-electron chi connectivity index (χ4n) is 2.43. The van der Waals surface area contributed by atoms with Gasteiger partial charge in [0.05, 0.1) is 12.1 Å². The Balaban J connectivity index is 2.10. The Hall–Kier alpha value is -0.400. The van der Waals surface area contributed by atoms with E-state index in [1.165, 1.54) is 25.7 Å². The number of hydrogen-bond donors (Lipinski definition) is 0. The lowest BCUT2D eigenvalue weighted by atomic mass is 9.99. The van der Waals surface area contributed by atoms with Crippen molar-refractivity contribution in [2.45, 2.75) is 37.8 Å². The van der Waals surface area contributed by atoms with Crippen LogP contribution in [0.1, 0.15) is 25.7 Å². The Morgan fingerprint density at radius 2 is 1.56 bits per heavy atom. The summed E-state index contributed by atoms with van der Waals surface area (Å²) in [7, 11) is 0. The van der Waals surface area contributed by atoms with Gasteiger partial charge in [0.1, 0.15) is 0 Å². The Morgan fingerprint density at radius 1 is 1.00 bits per heavy atom. The van der Waals surface area contributed by atoms with Gasteiger partial charge in [-0.1, -0.05) is 0 Å². The molecular formula is C7H10N2. The maximum absolute atomic E-state index is 4.24. The van der Waals surface area contributed by atoms with Crippen LogP contribution in [0.5, 0.6) is 0 Å². The van der Waals surface area contributed by atoms with E-state index in [1.54, 1.807) is 0 Å². The minimum absolute atomic E-state index is 0.639. The fourth-order valence-corrected chi connectivity index (χ4v) is 2.43. The van der Waals surface area contributed by atoms with Crippen molar-refractivity contribution in [2.24, 2.45) is 15.6 Å². The van der Waals surface area contributed by atoms with Gasteiger partial charge in [0, 0.05) is 5.41 Å². The summed E-state index contributed by atoms with van der Waals surface area (Å²) < 4.78 is 0. The van der Waals surface area contributed by atoms with E-state index >= 15 is 0 Å². The van der Waals surface area contributed by atoms with Gasteiger partial charge in [-0.25, -0.2) is 0 Å². The Morgan fingerprint density at radius 3 is 1.78 bits per heavy atom. The second kappa shape index (κ2) is 1.07. The molecular weight excluding hydrogens is 112 g/mol. The van der Waals surface area contributed by atoms with Crippen molar-refractivity contribution in [1.29, 1.82) is 0 Å². The highest BCUT2D eigenvalue weighted by molar-refractivity contribution is 5.16. The van der Waals surface area contributed by atoms with Crippen LogP contribution < -0.4 is 0 Å². The van der Waals surface area contributed by atoms with Crippen LogP contribution in [0.3, 0.4) is 0 Å². The van der Waals surface area contributed by atoms with Crippen molar-refractivity contribution in [1.82, 2.24) is 0 Å². The van der Waals surface area contributed by atoms with Crippen LogP contribution in [0.2, 0.25) is 0 Å². The van der Waals surface area contributed by atoms with E-state index in [4.69, 9.17) is 0 Å². The maximum Gasteiger partial charge on any atom is 0.0786 e. The normalized spacial score (nSPS) is 48.9. The molecule has 0 N–H and O–H groups in total. The molecule has 2 atom stereocenters. The molecule has 3 rings (SSSR count). The molecule has 2 fully saturated rings. The van der Waals surface area contributed by atoms with Crippen molar-refractivity contribution in [3.8, 4) is 0 Å². The molecule has 0 radical (unpaired) electrons. The van der Waals surface area contributed by atoms with Gasteiger partial charge < -0.3 is 0 Å². The predicted molar refractivity (Wildman–Crippen MR) is 33.3 cm³/mol. The predicted octanol–water partition coefficient (Wildman–Crippen LogP) is 1.76. The quantitative estimate of drug-likeness (QED) is 0.467. The zero-order valence-corrected chi connectivity index (χ0v) is 5.38. The standard InChI is InChI=1S/C7H10N2/c1-2-6-7(3-4-7)5(1)8-9-6/h5-6H,1-4H2. The van der Waals surface area contributed by atoms with E-state index in [2.05, 4.69) is 10.2 Å². The second-order valence-corrected chi connectivity index (χ2v) is 3.57. The number of nitrogens with zero attached hydrogens (tertiary/aromatic N) is 2. The first-order chi connectivity index (χ1) is 4.42. The third-order valence-electron chi connectivity index (χ3n) is 3.21. The molecule has 1 spiro atoms. The second-order valence-electron chi connectivity index (χ2n) is 3.57. The lowest BCUT2D eigenvalue weighted by Gasteiger charge is -2.06. The average Bonchev–Trinajstić information content (AvgIpc) is 2.53. The molecule has 9 heavy (non-hydrogen) atoms. The molecule has 0 aromatic heterocycles. The van der Waals surface area contributed by atoms with Crippen LogP contribution in [0.25, 0.3) is 0 Å². The van der Waals surface area contributed by atoms with Gasteiger partial charge in [-0.2, -0.15) is 10.2 Å². The summed E-state index contributed by atoms with van der Waals surface area (Å²) >= 11 is 0. The van der Waals surface area contributed by atoms with Crippen molar-refractivity contribution >= 4 is 0 Å². The summed E-state index contributed by atoms with van der Waals surface area (Å²) in [6, 6.07) is 1.31. The summed E-state index contributed by atoms with van der Waals surface area (Å²) in [6.45, 7) is 0. The number of hydrogen-bond acceptors (Lipinski definition) is 2. The molecule has 2 nitrogen and oxygen atoms in total. The first kappa shape index (κ1) is 4.42. The van der Waals surface area contributed by atoms with Gasteiger partial charge in [-0.3, -0.25) is 0 Å². The molecule has 2 aliphatic carbocycles. The highest BCUT2D eigenvalue weighted by atomic mass is 15.2. The topological polar surface area (TPSA) is 24.7 Å². The third kappa shape index (κ3) is 0.337. The third-order valence-corrected chi connectivity index (χ3v) is 3.21. The molecule has 3 aliphatic rings. The van der Waals surface area contributed by atoms with Crippen LogP contribution in [-0.2, 0) is 0 Å². The average molecular weight is 122 g/mol. The summed E-state index contributed by atoms with van der Waals surface area (Å²) in [5, 5.41) is 8.49. The largest absolute Gasteiger partial charge is 0.190 e. The first-order valence-electron chi connectivity index (χ1n) is 3.82. The Bertz CT molecular complexity index is 165. The van der Waals surface area contributed by atoms with Crippen LogP contribution in [-0.4, -0.2) is 12.1 Å². The van der Waals surface area contributed by atoms with Gasteiger partial charge in [0.15, 0.2) is 0 Å². The van der Waals surface area contributed by atoms with Crippen LogP contribution in [0.4, 0.5) is 0 Å². The van der Waals surface area contributed by atoms with Gasteiger partial charge >= 0.3 is 0 Å². The van der Waals surface area contributed by atoms with Crippen molar-refractivity contribution in [3.63, 3.8) is 0 Å². The lowest BCUT2D eigenvalue weighted by molar-refractivity contribution is 0.479. The van der Waals surface area contributed by atoms with Crippen LogP contribution in [0.15, 0.2) is 10.2 Å². The maximum atomic E-state index is 4.24. The molecule has 2 heteroatoms. The molecule has 1 heterocycles. The van der Waals surface area contributed by atoms with E-state index < -0.39 is 0 Å². The monoisotopic (exact) mass is 122 g/mol. The molecule has 2 saturated carbocycles. The molecule has 48 valence electrons. The van der Waals surface area contributed by atoms with E-state index in [9.17, 15) is 0 Å². The minimum Gasteiger partial charge on any atom is -0.190 e. The molecule has 0 saturated heterocycles. The van der Waals surface area contributed by atoms with Crippen molar-refractivity contribution < 1.29 is 0 Å². The van der Waals surface area contributed by atoms with Crippen molar-refractivity contribution in [2.75, 3.05) is 0 Å². The van der Waals surface area contributed by atoms with Gasteiger partial charge in [-0.15, -0.1) is 0 Å². The molecule has 1 aliphatic heterocycles.